The van der Waals surface area contributed by atoms with E-state index in [1.165, 1.54) is 22.0 Å². The van der Waals surface area contributed by atoms with Gasteiger partial charge >= 0.3 is 0 Å². The van der Waals surface area contributed by atoms with Crippen LogP contribution in [-0.2, 0) is 0 Å². The maximum atomic E-state index is 9.50. The standard InChI is InChI=1S/C11H13OP/c1-7-3-4-8(2)11-9(7)5-6-10(12)13-11/h3-6,10,12-13H,1-2H3. The highest BCUT2D eigenvalue weighted by Gasteiger charge is 2.14. The molecule has 1 aromatic rings. The highest BCUT2D eigenvalue weighted by molar-refractivity contribution is 7.48. The van der Waals surface area contributed by atoms with Gasteiger partial charge in [0.25, 0.3) is 0 Å². The van der Waals surface area contributed by atoms with Crippen LogP contribution in [0, 0.1) is 13.8 Å². The van der Waals surface area contributed by atoms with Gasteiger partial charge in [0.2, 0.25) is 0 Å². The Morgan fingerprint density at radius 2 is 1.92 bits per heavy atom. The summed E-state index contributed by atoms with van der Waals surface area (Å²) in [6.07, 6.45) is 3.92. The Bertz CT molecular complexity index is 369. The van der Waals surface area contributed by atoms with E-state index in [0.717, 1.165) is 0 Å². The van der Waals surface area contributed by atoms with Crippen LogP contribution >= 0.6 is 8.58 Å². The van der Waals surface area contributed by atoms with Crippen molar-refractivity contribution in [1.29, 1.82) is 0 Å². The SMILES string of the molecule is Cc1ccc(C)c2c1C=CC(O)P2. The highest BCUT2D eigenvalue weighted by Crippen LogP contribution is 2.29. The summed E-state index contributed by atoms with van der Waals surface area (Å²) < 4.78 is 0. The lowest BCUT2D eigenvalue weighted by Gasteiger charge is -2.19. The molecule has 1 aliphatic heterocycles. The number of fused-ring (bicyclic) bond motifs is 1. The molecular formula is C11H13OP. The minimum absolute atomic E-state index is 0.270. The van der Waals surface area contributed by atoms with Crippen LogP contribution < -0.4 is 5.30 Å². The van der Waals surface area contributed by atoms with Crippen molar-refractivity contribution in [2.75, 3.05) is 0 Å². The minimum atomic E-state index is -0.270. The third-order valence-corrected chi connectivity index (χ3v) is 3.85. The first-order chi connectivity index (χ1) is 6.18. The smallest absolute Gasteiger partial charge is 0.0926 e. The maximum absolute atomic E-state index is 9.50. The van der Waals surface area contributed by atoms with Crippen molar-refractivity contribution >= 4 is 20.0 Å². The Hall–Kier alpha value is -0.650. The second-order valence-electron chi connectivity index (χ2n) is 3.44. The third-order valence-electron chi connectivity index (χ3n) is 2.41. The lowest BCUT2D eigenvalue weighted by Crippen LogP contribution is -2.15. The molecule has 1 nitrogen and oxygen atoms in total. The normalized spacial score (nSPS) is 21.9. The molecule has 0 radical (unpaired) electrons. The molecule has 0 saturated heterocycles. The zero-order valence-electron chi connectivity index (χ0n) is 7.83. The molecule has 13 heavy (non-hydrogen) atoms. The van der Waals surface area contributed by atoms with E-state index in [2.05, 4.69) is 26.0 Å². The van der Waals surface area contributed by atoms with Crippen LogP contribution in [0.25, 0.3) is 6.08 Å². The lowest BCUT2D eigenvalue weighted by molar-refractivity contribution is 0.308. The predicted octanol–water partition coefficient (Wildman–Crippen LogP) is 1.95. The van der Waals surface area contributed by atoms with Crippen LogP contribution in [0.5, 0.6) is 0 Å². The van der Waals surface area contributed by atoms with Crippen molar-refractivity contribution in [2.45, 2.75) is 19.7 Å². The monoisotopic (exact) mass is 192 g/mol. The summed E-state index contributed by atoms with van der Waals surface area (Å²) in [6, 6.07) is 4.27. The van der Waals surface area contributed by atoms with Gasteiger partial charge in [-0.25, -0.2) is 0 Å². The van der Waals surface area contributed by atoms with Gasteiger partial charge in [0.05, 0.1) is 5.85 Å². The van der Waals surface area contributed by atoms with Crippen molar-refractivity contribution in [3.63, 3.8) is 0 Å². The van der Waals surface area contributed by atoms with Crippen LogP contribution in [0.15, 0.2) is 18.2 Å². The van der Waals surface area contributed by atoms with Crippen LogP contribution in [-0.4, -0.2) is 11.0 Å². The van der Waals surface area contributed by atoms with E-state index in [1.54, 1.807) is 0 Å². The van der Waals surface area contributed by atoms with E-state index in [0.29, 0.717) is 8.58 Å². The molecule has 0 bridgehead atoms. The number of aliphatic hydroxyl groups excluding tert-OH is 1. The topological polar surface area (TPSA) is 20.2 Å². The molecule has 2 atom stereocenters. The van der Waals surface area contributed by atoms with Gasteiger partial charge in [0.15, 0.2) is 0 Å². The first kappa shape index (κ1) is 8.93. The number of aliphatic hydroxyl groups is 1. The van der Waals surface area contributed by atoms with Crippen LogP contribution in [0.3, 0.4) is 0 Å². The highest BCUT2D eigenvalue weighted by atomic mass is 31.1. The van der Waals surface area contributed by atoms with E-state index in [-0.39, 0.29) is 5.85 Å². The maximum Gasteiger partial charge on any atom is 0.0926 e. The average Bonchev–Trinajstić information content (AvgIpc) is 2.12. The van der Waals surface area contributed by atoms with Gasteiger partial charge in [-0.2, -0.15) is 0 Å². The van der Waals surface area contributed by atoms with Gasteiger partial charge in [-0.15, -0.1) is 0 Å². The van der Waals surface area contributed by atoms with Crippen molar-refractivity contribution in [3.8, 4) is 0 Å². The molecule has 0 saturated carbocycles. The third kappa shape index (κ3) is 1.54. The fraction of sp³-hybridized carbons (Fsp3) is 0.273. The molecule has 0 fully saturated rings. The summed E-state index contributed by atoms with van der Waals surface area (Å²) in [5.41, 5.74) is 3.90. The molecule has 0 spiro atoms. The Kier molecular flexibility index (Phi) is 2.23. The Morgan fingerprint density at radius 3 is 2.69 bits per heavy atom. The van der Waals surface area contributed by atoms with Crippen molar-refractivity contribution < 1.29 is 5.11 Å². The molecule has 1 heterocycles. The average molecular weight is 192 g/mol. The zero-order chi connectivity index (χ0) is 9.42. The van der Waals surface area contributed by atoms with Gasteiger partial charge < -0.3 is 5.11 Å². The Labute approximate surface area is 80.3 Å². The fourth-order valence-corrected chi connectivity index (χ4v) is 2.86. The zero-order valence-corrected chi connectivity index (χ0v) is 8.83. The van der Waals surface area contributed by atoms with Crippen LogP contribution in [0.4, 0.5) is 0 Å². The van der Waals surface area contributed by atoms with Crippen molar-refractivity contribution in [1.82, 2.24) is 0 Å². The Morgan fingerprint density at radius 1 is 1.23 bits per heavy atom. The number of benzene rings is 1. The molecule has 2 heteroatoms. The number of hydrogen-bond acceptors (Lipinski definition) is 1. The first-order valence-electron chi connectivity index (χ1n) is 4.41. The fourth-order valence-electron chi connectivity index (χ4n) is 1.62. The number of aryl methyl sites for hydroxylation is 2. The van der Waals surface area contributed by atoms with Crippen LogP contribution in [0.2, 0.25) is 0 Å². The lowest BCUT2D eigenvalue weighted by atomic mass is 10.0. The second-order valence-corrected chi connectivity index (χ2v) is 4.82. The van der Waals surface area contributed by atoms with Crippen LogP contribution in [0.1, 0.15) is 16.7 Å². The molecule has 0 amide bonds. The Balaban J connectivity index is 2.60. The van der Waals surface area contributed by atoms with Gasteiger partial charge in [-0.3, -0.25) is 0 Å². The molecule has 1 N–H and O–H groups in total. The summed E-state index contributed by atoms with van der Waals surface area (Å²) >= 11 is 0. The summed E-state index contributed by atoms with van der Waals surface area (Å²) in [5, 5.41) is 10.8. The van der Waals surface area contributed by atoms with Gasteiger partial charge in [-0.1, -0.05) is 32.9 Å². The molecule has 0 aliphatic carbocycles. The first-order valence-corrected chi connectivity index (χ1v) is 5.49. The van der Waals surface area contributed by atoms with E-state index in [9.17, 15) is 5.11 Å². The quantitative estimate of drug-likeness (QED) is 0.623. The number of hydrogen-bond donors (Lipinski definition) is 1. The molecule has 2 rings (SSSR count). The minimum Gasteiger partial charge on any atom is -0.384 e. The number of rotatable bonds is 0. The van der Waals surface area contributed by atoms with E-state index in [1.807, 2.05) is 12.2 Å². The second kappa shape index (κ2) is 3.25. The molecule has 2 unspecified atom stereocenters. The van der Waals surface area contributed by atoms with Gasteiger partial charge in [0.1, 0.15) is 0 Å². The molecule has 1 aliphatic rings. The summed E-state index contributed by atoms with van der Waals surface area (Å²) in [7, 11) is 0.511. The van der Waals surface area contributed by atoms with Gasteiger partial charge in [0, 0.05) is 0 Å². The van der Waals surface area contributed by atoms with Gasteiger partial charge in [-0.05, 0) is 35.8 Å². The van der Waals surface area contributed by atoms with E-state index >= 15 is 0 Å². The van der Waals surface area contributed by atoms with Crippen molar-refractivity contribution in [2.24, 2.45) is 0 Å². The largest absolute Gasteiger partial charge is 0.384 e. The molecule has 68 valence electrons. The summed E-state index contributed by atoms with van der Waals surface area (Å²) in [5.74, 6) is -0.270. The molecule has 0 aromatic heterocycles. The summed E-state index contributed by atoms with van der Waals surface area (Å²) in [6.45, 7) is 4.22. The molecular weight excluding hydrogens is 179 g/mol. The van der Waals surface area contributed by atoms with E-state index in [4.69, 9.17) is 0 Å². The van der Waals surface area contributed by atoms with E-state index < -0.39 is 0 Å². The summed E-state index contributed by atoms with van der Waals surface area (Å²) in [4.78, 5) is 0. The predicted molar refractivity (Wildman–Crippen MR) is 58.9 cm³/mol. The molecule has 1 aromatic carbocycles. The van der Waals surface area contributed by atoms with Crippen molar-refractivity contribution in [3.05, 3.63) is 34.9 Å².